The van der Waals surface area contributed by atoms with Crippen LogP contribution in [0.2, 0.25) is 0 Å². The number of rotatable bonds is 5. The lowest BCUT2D eigenvalue weighted by atomic mass is 9.96. The highest BCUT2D eigenvalue weighted by Gasteiger charge is 2.26. The highest BCUT2D eigenvalue weighted by Crippen LogP contribution is 2.28. The van der Waals surface area contributed by atoms with Crippen LogP contribution in [0.4, 0.5) is 5.82 Å². The zero-order valence-electron chi connectivity index (χ0n) is 15.7. The van der Waals surface area contributed by atoms with Gasteiger partial charge in [-0.1, -0.05) is 5.16 Å². The van der Waals surface area contributed by atoms with Crippen LogP contribution in [-0.4, -0.2) is 62.6 Å². The SMILES string of the molecule is Cc1cc(CCN2CCC(c3nnc4ccc(N5CCC5)nn34)CC2)on1. The van der Waals surface area contributed by atoms with E-state index < -0.39 is 0 Å². The van der Waals surface area contributed by atoms with E-state index in [0.29, 0.717) is 5.92 Å². The summed E-state index contributed by atoms with van der Waals surface area (Å²) in [5.41, 5.74) is 1.80. The van der Waals surface area contributed by atoms with Crippen LogP contribution in [0.3, 0.4) is 0 Å². The summed E-state index contributed by atoms with van der Waals surface area (Å²) in [6.45, 7) is 7.30. The Balaban J connectivity index is 1.23. The van der Waals surface area contributed by atoms with Crippen LogP contribution in [0.25, 0.3) is 5.65 Å². The van der Waals surface area contributed by atoms with E-state index in [-0.39, 0.29) is 0 Å². The molecule has 0 radical (unpaired) electrons. The number of aromatic nitrogens is 5. The molecular weight excluding hydrogens is 342 g/mol. The number of likely N-dealkylation sites (tertiary alicyclic amines) is 1. The quantitative estimate of drug-likeness (QED) is 0.683. The van der Waals surface area contributed by atoms with Gasteiger partial charge in [-0.05, 0) is 51.4 Å². The first-order chi connectivity index (χ1) is 13.3. The van der Waals surface area contributed by atoms with Crippen LogP contribution in [-0.2, 0) is 6.42 Å². The fourth-order valence-electron chi connectivity index (χ4n) is 3.98. The van der Waals surface area contributed by atoms with Crippen molar-refractivity contribution in [3.8, 4) is 0 Å². The van der Waals surface area contributed by atoms with Crippen molar-refractivity contribution in [2.75, 3.05) is 37.6 Å². The van der Waals surface area contributed by atoms with Crippen molar-refractivity contribution in [2.24, 2.45) is 0 Å². The van der Waals surface area contributed by atoms with E-state index in [0.717, 1.165) is 80.7 Å². The molecule has 0 unspecified atom stereocenters. The first-order valence-corrected chi connectivity index (χ1v) is 9.88. The van der Waals surface area contributed by atoms with Gasteiger partial charge in [-0.2, -0.15) is 4.52 Å². The van der Waals surface area contributed by atoms with Crippen molar-refractivity contribution in [3.63, 3.8) is 0 Å². The molecule has 142 valence electrons. The van der Waals surface area contributed by atoms with E-state index in [9.17, 15) is 0 Å². The van der Waals surface area contributed by atoms with Crippen molar-refractivity contribution in [1.29, 1.82) is 0 Å². The summed E-state index contributed by atoms with van der Waals surface area (Å²) in [5, 5.41) is 17.6. The molecule has 2 aliphatic rings. The van der Waals surface area contributed by atoms with Crippen molar-refractivity contribution >= 4 is 11.5 Å². The third kappa shape index (κ3) is 3.29. The van der Waals surface area contributed by atoms with Crippen LogP contribution >= 0.6 is 0 Å². The largest absolute Gasteiger partial charge is 0.361 e. The Bertz CT molecular complexity index is 921. The predicted octanol–water partition coefficient (Wildman–Crippen LogP) is 2.05. The van der Waals surface area contributed by atoms with Gasteiger partial charge in [-0.25, -0.2) is 0 Å². The lowest BCUT2D eigenvalue weighted by Gasteiger charge is -2.32. The van der Waals surface area contributed by atoms with Crippen LogP contribution < -0.4 is 4.90 Å². The number of piperidine rings is 1. The van der Waals surface area contributed by atoms with Crippen molar-refractivity contribution in [1.82, 2.24) is 29.9 Å². The Kier molecular flexibility index (Phi) is 4.27. The van der Waals surface area contributed by atoms with Crippen LogP contribution in [0.5, 0.6) is 0 Å². The second kappa shape index (κ2) is 6.92. The molecule has 0 aromatic carbocycles. The number of nitrogens with zero attached hydrogens (tertiary/aromatic N) is 7. The van der Waals surface area contributed by atoms with E-state index in [1.54, 1.807) is 0 Å². The summed E-state index contributed by atoms with van der Waals surface area (Å²) >= 11 is 0. The minimum atomic E-state index is 0.419. The maximum Gasteiger partial charge on any atom is 0.178 e. The highest BCUT2D eigenvalue weighted by atomic mass is 16.5. The molecule has 0 atom stereocenters. The van der Waals surface area contributed by atoms with Gasteiger partial charge >= 0.3 is 0 Å². The van der Waals surface area contributed by atoms with E-state index in [1.807, 2.05) is 23.6 Å². The molecule has 0 amide bonds. The van der Waals surface area contributed by atoms with E-state index >= 15 is 0 Å². The summed E-state index contributed by atoms with van der Waals surface area (Å²) < 4.78 is 7.28. The molecule has 3 aromatic heterocycles. The number of aryl methyl sites for hydroxylation is 1. The summed E-state index contributed by atoms with van der Waals surface area (Å²) in [6.07, 6.45) is 4.35. The van der Waals surface area contributed by atoms with Gasteiger partial charge in [0.1, 0.15) is 11.6 Å². The minimum Gasteiger partial charge on any atom is -0.361 e. The summed E-state index contributed by atoms with van der Waals surface area (Å²) in [6, 6.07) is 6.11. The average molecular weight is 367 g/mol. The van der Waals surface area contributed by atoms with Crippen LogP contribution in [0.15, 0.2) is 22.7 Å². The Labute approximate surface area is 158 Å². The van der Waals surface area contributed by atoms with Gasteiger partial charge in [0, 0.05) is 38.0 Å². The zero-order chi connectivity index (χ0) is 18.2. The van der Waals surface area contributed by atoms with E-state index in [1.165, 1.54) is 6.42 Å². The molecule has 0 bridgehead atoms. The van der Waals surface area contributed by atoms with E-state index in [2.05, 4.69) is 31.2 Å². The standard InChI is InChI=1S/C19H25N7O/c1-14-13-16(27-23-14)7-12-24-10-5-15(6-11-24)19-21-20-17-3-4-18(22-26(17)19)25-8-2-9-25/h3-4,13,15H,2,5-12H2,1H3. The zero-order valence-corrected chi connectivity index (χ0v) is 15.7. The Morgan fingerprint density at radius 2 is 1.96 bits per heavy atom. The second-order valence-corrected chi connectivity index (χ2v) is 7.66. The highest BCUT2D eigenvalue weighted by molar-refractivity contribution is 5.47. The van der Waals surface area contributed by atoms with Gasteiger partial charge in [-0.15, -0.1) is 15.3 Å². The number of hydrogen-bond donors (Lipinski definition) is 0. The molecule has 0 N–H and O–H groups in total. The molecular formula is C19H25N7O. The Hall–Kier alpha value is -2.48. The molecule has 0 saturated carbocycles. The third-order valence-corrected chi connectivity index (χ3v) is 5.76. The van der Waals surface area contributed by atoms with Gasteiger partial charge in [0.2, 0.25) is 0 Å². The van der Waals surface area contributed by atoms with Gasteiger partial charge in [0.15, 0.2) is 11.5 Å². The summed E-state index contributed by atoms with van der Waals surface area (Å²) in [5.74, 6) is 3.44. The molecule has 5 rings (SSSR count). The molecule has 2 fully saturated rings. The number of hydrogen-bond acceptors (Lipinski definition) is 7. The first-order valence-electron chi connectivity index (χ1n) is 9.88. The van der Waals surface area contributed by atoms with Gasteiger partial charge in [0.25, 0.3) is 0 Å². The molecule has 3 aromatic rings. The predicted molar refractivity (Wildman–Crippen MR) is 101 cm³/mol. The fourth-order valence-corrected chi connectivity index (χ4v) is 3.98. The molecule has 0 spiro atoms. The number of anilines is 1. The average Bonchev–Trinajstić information content (AvgIpc) is 3.25. The van der Waals surface area contributed by atoms with Crippen molar-refractivity contribution < 1.29 is 4.52 Å². The molecule has 2 saturated heterocycles. The van der Waals surface area contributed by atoms with Gasteiger partial charge in [0.05, 0.1) is 5.69 Å². The van der Waals surface area contributed by atoms with E-state index in [4.69, 9.17) is 9.62 Å². The van der Waals surface area contributed by atoms with Crippen molar-refractivity contribution in [2.45, 2.75) is 38.5 Å². The molecule has 27 heavy (non-hydrogen) atoms. The first kappa shape index (κ1) is 16.7. The normalized spacial score (nSPS) is 18.9. The summed E-state index contributed by atoms with van der Waals surface area (Å²) in [7, 11) is 0. The number of fused-ring (bicyclic) bond motifs is 1. The maximum atomic E-state index is 5.32. The Morgan fingerprint density at radius 1 is 1.11 bits per heavy atom. The van der Waals surface area contributed by atoms with Gasteiger partial charge in [-0.3, -0.25) is 0 Å². The fraction of sp³-hybridized carbons (Fsp3) is 0.579. The monoisotopic (exact) mass is 367 g/mol. The third-order valence-electron chi connectivity index (χ3n) is 5.76. The maximum absolute atomic E-state index is 5.32. The molecule has 8 heteroatoms. The molecule has 8 nitrogen and oxygen atoms in total. The van der Waals surface area contributed by atoms with Crippen LogP contribution in [0, 0.1) is 6.92 Å². The van der Waals surface area contributed by atoms with Gasteiger partial charge < -0.3 is 14.3 Å². The summed E-state index contributed by atoms with van der Waals surface area (Å²) in [4.78, 5) is 4.80. The molecule has 0 aliphatic carbocycles. The lowest BCUT2D eigenvalue weighted by Crippen LogP contribution is -2.38. The second-order valence-electron chi connectivity index (χ2n) is 7.66. The smallest absolute Gasteiger partial charge is 0.178 e. The van der Waals surface area contributed by atoms with Crippen molar-refractivity contribution in [3.05, 3.63) is 35.5 Å². The topological polar surface area (TPSA) is 75.6 Å². The minimum absolute atomic E-state index is 0.419. The van der Waals surface area contributed by atoms with Crippen LogP contribution in [0.1, 0.15) is 42.5 Å². The Morgan fingerprint density at radius 3 is 2.67 bits per heavy atom. The lowest BCUT2D eigenvalue weighted by molar-refractivity contribution is 0.205. The molecule has 5 heterocycles. The molecule has 2 aliphatic heterocycles.